The summed E-state index contributed by atoms with van der Waals surface area (Å²) in [6.45, 7) is 15.7. The molecule has 4 nitrogen and oxygen atoms in total. The normalized spacial score (nSPS) is 10.3. The van der Waals surface area contributed by atoms with Gasteiger partial charge in [0, 0.05) is 0 Å². The Kier molecular flexibility index (Phi) is 17.8. The van der Waals surface area contributed by atoms with Crippen LogP contribution in [0.25, 0.3) is 0 Å². The van der Waals surface area contributed by atoms with E-state index < -0.39 is 0 Å². The summed E-state index contributed by atoms with van der Waals surface area (Å²) in [6, 6.07) is 7.63. The minimum atomic E-state index is 0. The van der Waals surface area contributed by atoms with Gasteiger partial charge >= 0.3 is 0 Å². The summed E-state index contributed by atoms with van der Waals surface area (Å²) in [5, 5.41) is 0. The predicted octanol–water partition coefficient (Wildman–Crippen LogP) is -2.57. The van der Waals surface area contributed by atoms with Crippen molar-refractivity contribution in [2.45, 2.75) is 27.7 Å². The molecule has 30 heavy (non-hydrogen) atoms. The minimum absolute atomic E-state index is 0. The van der Waals surface area contributed by atoms with Crippen molar-refractivity contribution in [3.63, 3.8) is 0 Å². The maximum absolute atomic E-state index is 5.68. The topological polar surface area (TPSA) is 18.5 Å². The molecule has 0 saturated heterocycles. The SMILES string of the molecule is CC[N+](C)(CC)CC#CCOc1ccc(OCC#CC[N+](C)(CC)CC)cc1.[I-].[I-]. The number of hydrogen-bond donors (Lipinski definition) is 0. The molecule has 0 N–H and O–H groups in total. The van der Waals surface area contributed by atoms with Crippen molar-refractivity contribution >= 4 is 0 Å². The number of halogens is 2. The second kappa shape index (κ2) is 16.9. The Balaban J connectivity index is 0. The lowest BCUT2D eigenvalue weighted by Gasteiger charge is -2.29. The Morgan fingerprint density at radius 3 is 1.17 bits per heavy atom. The largest absolute Gasteiger partial charge is 1.00 e. The summed E-state index contributed by atoms with van der Waals surface area (Å²) in [6.07, 6.45) is 0. The van der Waals surface area contributed by atoms with Crippen LogP contribution in [0.5, 0.6) is 11.5 Å². The van der Waals surface area contributed by atoms with Crippen molar-refractivity contribution in [3.8, 4) is 35.2 Å². The molecule has 0 unspecified atom stereocenters. The van der Waals surface area contributed by atoms with Crippen LogP contribution in [-0.2, 0) is 0 Å². The fourth-order valence-electron chi connectivity index (χ4n) is 2.36. The molecule has 0 bridgehead atoms. The first kappa shape index (κ1) is 31.5. The van der Waals surface area contributed by atoms with Gasteiger partial charge in [-0.3, -0.25) is 0 Å². The Morgan fingerprint density at radius 1 is 0.600 bits per heavy atom. The van der Waals surface area contributed by atoms with Crippen LogP contribution >= 0.6 is 0 Å². The van der Waals surface area contributed by atoms with E-state index in [-0.39, 0.29) is 48.0 Å². The lowest BCUT2D eigenvalue weighted by molar-refractivity contribution is -0.899. The zero-order valence-electron chi connectivity index (χ0n) is 19.4. The fraction of sp³-hybridized carbons (Fsp3) is 0.583. The van der Waals surface area contributed by atoms with Crippen molar-refractivity contribution in [1.82, 2.24) is 0 Å². The van der Waals surface area contributed by atoms with Crippen molar-refractivity contribution in [1.29, 1.82) is 0 Å². The highest BCUT2D eigenvalue weighted by atomic mass is 127. The van der Waals surface area contributed by atoms with Gasteiger partial charge in [0.15, 0.2) is 0 Å². The van der Waals surface area contributed by atoms with E-state index in [1.807, 2.05) is 24.3 Å². The molecule has 0 saturated carbocycles. The Labute approximate surface area is 218 Å². The highest BCUT2D eigenvalue weighted by Gasteiger charge is 2.14. The molecule has 1 aromatic rings. The van der Waals surface area contributed by atoms with Gasteiger partial charge in [0.1, 0.15) is 37.8 Å². The molecular formula is C24H38I2N2O2. The molecule has 0 amide bonds. The van der Waals surface area contributed by atoms with Gasteiger partial charge in [0.05, 0.1) is 40.3 Å². The molecule has 6 heteroatoms. The summed E-state index contributed by atoms with van der Waals surface area (Å²) in [5.41, 5.74) is 0. The minimum Gasteiger partial charge on any atom is -1.00 e. The average Bonchev–Trinajstić information content (AvgIpc) is 2.73. The number of ether oxygens (including phenoxy) is 2. The van der Waals surface area contributed by atoms with E-state index in [9.17, 15) is 0 Å². The van der Waals surface area contributed by atoms with Gasteiger partial charge in [-0.25, -0.2) is 0 Å². The Morgan fingerprint density at radius 2 is 0.900 bits per heavy atom. The van der Waals surface area contributed by atoms with Crippen LogP contribution < -0.4 is 57.4 Å². The summed E-state index contributed by atoms with van der Waals surface area (Å²) < 4.78 is 13.3. The quantitative estimate of drug-likeness (QED) is 0.159. The molecule has 170 valence electrons. The highest BCUT2D eigenvalue weighted by Crippen LogP contribution is 2.17. The highest BCUT2D eigenvalue weighted by molar-refractivity contribution is 5.31. The predicted molar refractivity (Wildman–Crippen MR) is 117 cm³/mol. The number of nitrogens with zero attached hydrogens (tertiary/aromatic N) is 2. The molecule has 0 aliphatic rings. The third kappa shape index (κ3) is 12.2. The monoisotopic (exact) mass is 640 g/mol. The van der Waals surface area contributed by atoms with Gasteiger partial charge in [0.25, 0.3) is 0 Å². The second-order valence-electron chi connectivity index (χ2n) is 7.58. The molecule has 0 radical (unpaired) electrons. The summed E-state index contributed by atoms with van der Waals surface area (Å²) in [4.78, 5) is 0. The second-order valence-corrected chi connectivity index (χ2v) is 7.58. The van der Waals surface area contributed by atoms with Gasteiger partial charge in [-0.05, 0) is 63.8 Å². The van der Waals surface area contributed by atoms with Crippen LogP contribution in [0.15, 0.2) is 24.3 Å². The molecule has 1 rings (SSSR count). The van der Waals surface area contributed by atoms with Gasteiger partial charge in [-0.1, -0.05) is 11.8 Å². The molecule has 1 aromatic carbocycles. The van der Waals surface area contributed by atoms with E-state index in [0.29, 0.717) is 13.2 Å². The average molecular weight is 640 g/mol. The van der Waals surface area contributed by atoms with Crippen molar-refractivity contribution < 1.29 is 66.4 Å². The number of rotatable bonds is 10. The fourth-order valence-corrected chi connectivity index (χ4v) is 2.36. The first-order chi connectivity index (χ1) is 13.4. The maximum atomic E-state index is 5.68. The molecule has 0 spiro atoms. The van der Waals surface area contributed by atoms with Crippen molar-refractivity contribution in [3.05, 3.63) is 24.3 Å². The summed E-state index contributed by atoms with van der Waals surface area (Å²) >= 11 is 0. The van der Waals surface area contributed by atoms with Crippen molar-refractivity contribution in [2.24, 2.45) is 0 Å². The molecule has 0 aliphatic carbocycles. The third-order valence-corrected chi connectivity index (χ3v) is 5.67. The van der Waals surface area contributed by atoms with Crippen LogP contribution in [-0.4, -0.2) is 75.5 Å². The molecule has 0 aliphatic heterocycles. The first-order valence-electron chi connectivity index (χ1n) is 10.3. The molecule has 0 atom stereocenters. The van der Waals surface area contributed by atoms with E-state index in [1.165, 1.54) is 0 Å². The molecule has 0 aromatic heterocycles. The van der Waals surface area contributed by atoms with E-state index in [0.717, 1.165) is 59.7 Å². The number of hydrogen-bond acceptors (Lipinski definition) is 2. The van der Waals surface area contributed by atoms with Crippen LogP contribution in [0, 0.1) is 23.7 Å². The zero-order valence-corrected chi connectivity index (χ0v) is 23.7. The molecular weight excluding hydrogens is 602 g/mol. The van der Waals surface area contributed by atoms with Gasteiger partial charge < -0.3 is 66.4 Å². The van der Waals surface area contributed by atoms with Gasteiger partial charge in [-0.15, -0.1) is 0 Å². The summed E-state index contributed by atoms with van der Waals surface area (Å²) in [7, 11) is 4.45. The lowest BCUT2D eigenvalue weighted by atomic mass is 10.3. The van der Waals surface area contributed by atoms with Gasteiger partial charge in [-0.2, -0.15) is 0 Å². The Hall–Kier alpha value is -0.680. The van der Waals surface area contributed by atoms with E-state index in [2.05, 4.69) is 65.5 Å². The number of benzene rings is 1. The zero-order chi connectivity index (χ0) is 20.9. The maximum Gasteiger partial charge on any atom is 0.149 e. The summed E-state index contributed by atoms with van der Waals surface area (Å²) in [5.74, 6) is 14.3. The number of quaternary nitrogens is 2. The van der Waals surface area contributed by atoms with Crippen molar-refractivity contribution in [2.75, 3.05) is 66.6 Å². The van der Waals surface area contributed by atoms with Crippen LogP contribution in [0.2, 0.25) is 0 Å². The molecule has 0 fully saturated rings. The van der Waals surface area contributed by atoms with E-state index >= 15 is 0 Å². The van der Waals surface area contributed by atoms with E-state index in [4.69, 9.17) is 9.47 Å². The standard InChI is InChI=1S/C24H38N2O2.2HI/c1-7-25(5,8-2)19-11-13-21-27-23-15-17-24(18-16-23)28-22-14-12-20-26(6,9-3)10-4;;/h15-18H,7-10,19-22H2,1-6H3;2*1H/q+2;;/p-2. The van der Waals surface area contributed by atoms with E-state index in [1.54, 1.807) is 0 Å². The van der Waals surface area contributed by atoms with Crippen LogP contribution in [0.4, 0.5) is 0 Å². The lowest BCUT2D eigenvalue weighted by Crippen LogP contribution is -3.00. The molecule has 0 heterocycles. The third-order valence-electron chi connectivity index (χ3n) is 5.67. The first-order valence-corrected chi connectivity index (χ1v) is 10.3. The Bertz CT molecular complexity index is 631. The van der Waals surface area contributed by atoms with Gasteiger partial charge in [0.2, 0.25) is 0 Å². The smallest absolute Gasteiger partial charge is 0.149 e. The van der Waals surface area contributed by atoms with Crippen LogP contribution in [0.1, 0.15) is 27.7 Å². The van der Waals surface area contributed by atoms with Crippen LogP contribution in [0.3, 0.4) is 0 Å².